The third-order valence-corrected chi connectivity index (χ3v) is 3.70. The SMILES string of the molecule is C[C@@]1(CO)C(COC(=O)c2ccccc2)OC(O)C1O. The molecule has 4 atom stereocenters. The van der Waals surface area contributed by atoms with Gasteiger partial charge in [-0.2, -0.15) is 0 Å². The third kappa shape index (κ3) is 2.69. The molecular weight excluding hydrogens is 264 g/mol. The van der Waals surface area contributed by atoms with Crippen molar-refractivity contribution in [3.05, 3.63) is 35.9 Å². The van der Waals surface area contributed by atoms with Crippen LogP contribution in [0.3, 0.4) is 0 Å². The highest BCUT2D eigenvalue weighted by Gasteiger charge is 2.52. The maximum absolute atomic E-state index is 11.8. The Kier molecular flexibility index (Phi) is 4.39. The van der Waals surface area contributed by atoms with E-state index in [0.29, 0.717) is 5.56 Å². The van der Waals surface area contributed by atoms with Crippen LogP contribution in [0.25, 0.3) is 0 Å². The fraction of sp³-hybridized carbons (Fsp3) is 0.500. The van der Waals surface area contributed by atoms with Crippen molar-refractivity contribution >= 4 is 5.97 Å². The molecule has 1 aromatic carbocycles. The van der Waals surface area contributed by atoms with Gasteiger partial charge in [-0.3, -0.25) is 0 Å². The standard InChI is InChI=1S/C14H18O6/c1-14(8-15)10(20-13(18)11(14)16)7-19-12(17)9-5-3-2-4-6-9/h2-6,10-11,13,15-16,18H,7-8H2,1H3/t10?,11?,13?,14-/m1/s1. The van der Waals surface area contributed by atoms with Crippen LogP contribution in [0.4, 0.5) is 0 Å². The first-order valence-corrected chi connectivity index (χ1v) is 6.33. The Morgan fingerprint density at radius 1 is 1.35 bits per heavy atom. The molecule has 0 aromatic heterocycles. The minimum absolute atomic E-state index is 0.154. The lowest BCUT2D eigenvalue weighted by molar-refractivity contribution is -0.133. The van der Waals surface area contributed by atoms with Gasteiger partial charge in [0.2, 0.25) is 0 Å². The Balaban J connectivity index is 1.99. The summed E-state index contributed by atoms with van der Waals surface area (Å²) in [5.74, 6) is -0.523. The molecule has 110 valence electrons. The average molecular weight is 282 g/mol. The zero-order valence-corrected chi connectivity index (χ0v) is 11.1. The number of ether oxygens (including phenoxy) is 2. The second-order valence-corrected chi connectivity index (χ2v) is 5.09. The third-order valence-electron chi connectivity index (χ3n) is 3.70. The van der Waals surface area contributed by atoms with Gasteiger partial charge in [0.1, 0.15) is 18.8 Å². The van der Waals surface area contributed by atoms with Crippen molar-refractivity contribution in [3.8, 4) is 0 Å². The maximum atomic E-state index is 11.8. The van der Waals surface area contributed by atoms with Gasteiger partial charge in [-0.15, -0.1) is 0 Å². The number of esters is 1. The molecule has 1 fully saturated rings. The molecule has 0 bridgehead atoms. The molecule has 1 heterocycles. The predicted octanol–water partition coefficient (Wildman–Crippen LogP) is -0.0799. The summed E-state index contributed by atoms with van der Waals surface area (Å²) in [4.78, 5) is 11.8. The van der Waals surface area contributed by atoms with Gasteiger partial charge in [0, 0.05) is 0 Å². The molecule has 1 aromatic rings. The Morgan fingerprint density at radius 3 is 2.60 bits per heavy atom. The van der Waals surface area contributed by atoms with Crippen molar-refractivity contribution in [2.45, 2.75) is 25.4 Å². The van der Waals surface area contributed by atoms with Crippen molar-refractivity contribution in [2.75, 3.05) is 13.2 Å². The highest BCUT2D eigenvalue weighted by molar-refractivity contribution is 5.89. The van der Waals surface area contributed by atoms with Crippen LogP contribution >= 0.6 is 0 Å². The van der Waals surface area contributed by atoms with Crippen molar-refractivity contribution in [2.24, 2.45) is 5.41 Å². The molecule has 1 aliphatic rings. The van der Waals surface area contributed by atoms with E-state index in [1.165, 1.54) is 0 Å². The summed E-state index contributed by atoms with van der Waals surface area (Å²) in [6, 6.07) is 8.45. The lowest BCUT2D eigenvalue weighted by Gasteiger charge is -2.29. The molecule has 1 aliphatic heterocycles. The lowest BCUT2D eigenvalue weighted by atomic mass is 9.82. The fourth-order valence-electron chi connectivity index (χ4n) is 2.15. The van der Waals surface area contributed by atoms with Crippen molar-refractivity contribution in [3.63, 3.8) is 0 Å². The molecule has 0 aliphatic carbocycles. The van der Waals surface area contributed by atoms with Gasteiger partial charge >= 0.3 is 5.97 Å². The number of aliphatic hydroxyl groups is 3. The summed E-state index contributed by atoms with van der Waals surface area (Å²) in [5, 5.41) is 28.7. The Bertz CT molecular complexity index is 462. The van der Waals surface area contributed by atoms with E-state index in [9.17, 15) is 20.1 Å². The summed E-state index contributed by atoms with van der Waals surface area (Å²) >= 11 is 0. The van der Waals surface area contributed by atoms with E-state index in [1.807, 2.05) is 0 Å². The average Bonchev–Trinajstić information content (AvgIpc) is 2.70. The van der Waals surface area contributed by atoms with Crippen LogP contribution in [0.1, 0.15) is 17.3 Å². The van der Waals surface area contributed by atoms with Crippen LogP contribution in [0, 0.1) is 5.41 Å². The monoisotopic (exact) mass is 282 g/mol. The van der Waals surface area contributed by atoms with Crippen LogP contribution in [0.2, 0.25) is 0 Å². The first kappa shape index (κ1) is 14.9. The molecular formula is C14H18O6. The smallest absolute Gasteiger partial charge is 0.338 e. The summed E-state index contributed by atoms with van der Waals surface area (Å²) in [7, 11) is 0. The Morgan fingerprint density at radius 2 is 2.00 bits per heavy atom. The Labute approximate surface area is 116 Å². The van der Waals surface area contributed by atoms with Gasteiger partial charge < -0.3 is 24.8 Å². The lowest BCUT2D eigenvalue weighted by Crippen LogP contribution is -2.43. The molecule has 6 nitrogen and oxygen atoms in total. The fourth-order valence-corrected chi connectivity index (χ4v) is 2.15. The summed E-state index contributed by atoms with van der Waals surface area (Å²) < 4.78 is 10.2. The largest absolute Gasteiger partial charge is 0.459 e. The van der Waals surface area contributed by atoms with Gasteiger partial charge in [-0.05, 0) is 12.1 Å². The molecule has 20 heavy (non-hydrogen) atoms. The highest BCUT2D eigenvalue weighted by atomic mass is 16.6. The van der Waals surface area contributed by atoms with E-state index >= 15 is 0 Å². The molecule has 2 rings (SSSR count). The Hall–Kier alpha value is -1.47. The second-order valence-electron chi connectivity index (χ2n) is 5.09. The first-order chi connectivity index (χ1) is 9.49. The molecule has 1 saturated heterocycles. The maximum Gasteiger partial charge on any atom is 0.338 e. The van der Waals surface area contributed by atoms with E-state index in [0.717, 1.165) is 0 Å². The van der Waals surface area contributed by atoms with Gasteiger partial charge in [0.15, 0.2) is 6.29 Å². The quantitative estimate of drug-likeness (QED) is 0.668. The first-order valence-electron chi connectivity index (χ1n) is 6.33. The minimum Gasteiger partial charge on any atom is -0.459 e. The number of hydrogen-bond donors (Lipinski definition) is 3. The number of benzene rings is 1. The summed E-state index contributed by atoms with van der Waals surface area (Å²) in [6.07, 6.45) is -3.40. The van der Waals surface area contributed by atoms with E-state index in [1.54, 1.807) is 37.3 Å². The van der Waals surface area contributed by atoms with E-state index in [2.05, 4.69) is 0 Å². The van der Waals surface area contributed by atoms with E-state index < -0.39 is 36.5 Å². The topological polar surface area (TPSA) is 96.2 Å². The van der Waals surface area contributed by atoms with Crippen molar-refractivity contribution in [1.82, 2.24) is 0 Å². The number of hydrogen-bond acceptors (Lipinski definition) is 6. The van der Waals surface area contributed by atoms with E-state index in [4.69, 9.17) is 9.47 Å². The van der Waals surface area contributed by atoms with Gasteiger partial charge in [0.25, 0.3) is 0 Å². The van der Waals surface area contributed by atoms with Crippen LogP contribution in [0.5, 0.6) is 0 Å². The second kappa shape index (κ2) is 5.88. The number of aliphatic hydroxyl groups excluding tert-OH is 3. The van der Waals surface area contributed by atoms with Crippen LogP contribution in [-0.4, -0.2) is 53.0 Å². The van der Waals surface area contributed by atoms with Gasteiger partial charge in [-0.1, -0.05) is 25.1 Å². The zero-order chi connectivity index (χ0) is 14.8. The number of rotatable bonds is 4. The molecule has 0 spiro atoms. The van der Waals surface area contributed by atoms with Gasteiger partial charge in [-0.25, -0.2) is 4.79 Å². The number of carbonyl (C=O) groups is 1. The molecule has 3 unspecified atom stereocenters. The minimum atomic E-state index is -1.40. The summed E-state index contributed by atoms with van der Waals surface area (Å²) in [6.45, 7) is 1.02. The normalized spacial score (nSPS) is 33.1. The van der Waals surface area contributed by atoms with Crippen molar-refractivity contribution in [1.29, 1.82) is 0 Å². The molecule has 0 radical (unpaired) electrons. The molecule has 0 amide bonds. The highest BCUT2D eigenvalue weighted by Crippen LogP contribution is 2.37. The van der Waals surface area contributed by atoms with Crippen LogP contribution < -0.4 is 0 Å². The molecule has 3 N–H and O–H groups in total. The van der Waals surface area contributed by atoms with Gasteiger partial charge in [0.05, 0.1) is 17.6 Å². The number of carbonyl (C=O) groups excluding carboxylic acids is 1. The van der Waals surface area contributed by atoms with E-state index in [-0.39, 0.29) is 6.61 Å². The van der Waals surface area contributed by atoms with Crippen LogP contribution in [-0.2, 0) is 9.47 Å². The van der Waals surface area contributed by atoms with Crippen molar-refractivity contribution < 1.29 is 29.6 Å². The van der Waals surface area contributed by atoms with Crippen LogP contribution in [0.15, 0.2) is 30.3 Å². The molecule has 0 saturated carbocycles. The molecule has 6 heteroatoms. The predicted molar refractivity (Wildman–Crippen MR) is 68.8 cm³/mol. The zero-order valence-electron chi connectivity index (χ0n) is 11.1. The summed E-state index contributed by atoms with van der Waals surface area (Å²) in [5.41, 5.74) is -0.673.